The molecule has 0 radical (unpaired) electrons. The predicted molar refractivity (Wildman–Crippen MR) is 44.5 cm³/mol. The highest BCUT2D eigenvalue weighted by Crippen LogP contribution is 2.48. The summed E-state index contributed by atoms with van der Waals surface area (Å²) in [7, 11) is -1.45. The summed E-state index contributed by atoms with van der Waals surface area (Å²) in [6, 6.07) is 0. The van der Waals surface area contributed by atoms with Gasteiger partial charge >= 0.3 is 0 Å². The molecule has 1 aliphatic heterocycles. The van der Waals surface area contributed by atoms with E-state index >= 15 is 0 Å². The van der Waals surface area contributed by atoms with Crippen molar-refractivity contribution in [2.24, 2.45) is 0 Å². The van der Waals surface area contributed by atoms with Crippen LogP contribution in [0.25, 0.3) is 0 Å². The Balaban J connectivity index is 2.47. The largest absolute Gasteiger partial charge is 0.396 e. The third-order valence-corrected chi connectivity index (χ3v) is 4.18. The van der Waals surface area contributed by atoms with Crippen LogP contribution in [0.3, 0.4) is 0 Å². The van der Waals surface area contributed by atoms with Crippen LogP contribution in [0.1, 0.15) is 6.42 Å². The molecule has 1 saturated heterocycles. The molecular formula is C7H13O3P. The second-order valence-corrected chi connectivity index (χ2v) is 4.65. The number of allylic oxidation sites excluding steroid dienone is 1. The molecule has 4 heteroatoms. The monoisotopic (exact) mass is 176 g/mol. The number of hydrogen-bond acceptors (Lipinski definition) is 3. The van der Waals surface area contributed by atoms with Gasteiger partial charge in [0.1, 0.15) is 0 Å². The Hall–Kier alpha value is -0.110. The van der Waals surface area contributed by atoms with Gasteiger partial charge in [-0.15, -0.1) is 0 Å². The standard InChI is InChI=1S/C7H13O3P/c8-3-1-6-5-11(10)7(6)2-4-9/h1,7-9,11H,2-5H2. The average Bonchev–Trinajstić information content (AvgIpc) is 2.00. The number of hydrogen-bond donors (Lipinski definition) is 2. The van der Waals surface area contributed by atoms with Crippen molar-refractivity contribution in [1.29, 1.82) is 0 Å². The van der Waals surface area contributed by atoms with Gasteiger partial charge in [-0.2, -0.15) is 0 Å². The lowest BCUT2D eigenvalue weighted by atomic mass is 10.1. The first-order valence-corrected chi connectivity index (χ1v) is 5.42. The Bertz CT molecular complexity index is 188. The molecule has 64 valence electrons. The molecule has 0 aromatic rings. The van der Waals surface area contributed by atoms with Gasteiger partial charge in [-0.1, -0.05) is 11.6 Å². The molecule has 0 aromatic carbocycles. The zero-order chi connectivity index (χ0) is 8.27. The first-order valence-electron chi connectivity index (χ1n) is 3.73. The van der Waals surface area contributed by atoms with Crippen LogP contribution in [-0.2, 0) is 4.57 Å². The maximum atomic E-state index is 11.1. The third-order valence-electron chi connectivity index (χ3n) is 1.99. The van der Waals surface area contributed by atoms with Gasteiger partial charge in [0.15, 0.2) is 0 Å². The molecule has 3 nitrogen and oxygen atoms in total. The van der Waals surface area contributed by atoms with Crippen LogP contribution < -0.4 is 0 Å². The van der Waals surface area contributed by atoms with E-state index in [0.717, 1.165) is 5.57 Å². The van der Waals surface area contributed by atoms with Crippen molar-refractivity contribution in [3.05, 3.63) is 11.6 Å². The zero-order valence-electron chi connectivity index (χ0n) is 6.29. The Morgan fingerprint density at radius 2 is 2.36 bits per heavy atom. The van der Waals surface area contributed by atoms with Gasteiger partial charge in [0.05, 0.1) is 14.4 Å². The molecule has 2 N–H and O–H groups in total. The quantitative estimate of drug-likeness (QED) is 0.478. The van der Waals surface area contributed by atoms with Crippen molar-refractivity contribution in [1.82, 2.24) is 0 Å². The molecule has 2 unspecified atom stereocenters. The summed E-state index contributed by atoms with van der Waals surface area (Å²) >= 11 is 0. The summed E-state index contributed by atoms with van der Waals surface area (Å²) < 4.78 is 11.1. The normalized spacial score (nSPS) is 33.8. The van der Waals surface area contributed by atoms with E-state index in [0.29, 0.717) is 12.6 Å². The van der Waals surface area contributed by atoms with Gasteiger partial charge in [-0.25, -0.2) is 0 Å². The summed E-state index contributed by atoms with van der Waals surface area (Å²) in [6.45, 7) is 0.107. The maximum Gasteiger partial charge on any atom is 0.0869 e. The van der Waals surface area contributed by atoms with Crippen molar-refractivity contribution in [3.8, 4) is 0 Å². The average molecular weight is 176 g/mol. The highest BCUT2D eigenvalue weighted by atomic mass is 31.1. The summed E-state index contributed by atoms with van der Waals surface area (Å²) in [5.41, 5.74) is 1.14. The lowest BCUT2D eigenvalue weighted by Crippen LogP contribution is -2.22. The second-order valence-electron chi connectivity index (χ2n) is 2.67. The van der Waals surface area contributed by atoms with Crippen LogP contribution in [-0.4, -0.2) is 35.2 Å². The Kier molecular flexibility index (Phi) is 3.31. The van der Waals surface area contributed by atoms with E-state index in [-0.39, 0.29) is 18.9 Å². The van der Waals surface area contributed by atoms with Gasteiger partial charge in [0.25, 0.3) is 0 Å². The van der Waals surface area contributed by atoms with Crippen molar-refractivity contribution >= 4 is 7.80 Å². The lowest BCUT2D eigenvalue weighted by molar-refractivity contribution is 0.287. The number of aliphatic hydroxyl groups excluding tert-OH is 2. The van der Waals surface area contributed by atoms with E-state index in [1.807, 2.05) is 0 Å². The summed E-state index contributed by atoms with van der Waals surface area (Å²) in [5.74, 6) is 0. The van der Waals surface area contributed by atoms with Crippen LogP contribution in [0.15, 0.2) is 11.6 Å². The van der Waals surface area contributed by atoms with Crippen molar-refractivity contribution < 1.29 is 14.8 Å². The minimum Gasteiger partial charge on any atom is -0.396 e. The molecule has 2 atom stereocenters. The summed E-state index contributed by atoms with van der Waals surface area (Å²) in [5, 5.41) is 17.1. The second kappa shape index (κ2) is 4.05. The fraction of sp³-hybridized carbons (Fsp3) is 0.714. The van der Waals surface area contributed by atoms with Crippen LogP contribution in [0, 0.1) is 0 Å². The Morgan fingerprint density at radius 1 is 1.64 bits per heavy atom. The lowest BCUT2D eigenvalue weighted by Gasteiger charge is -2.28. The Labute approximate surface area is 66.5 Å². The molecule has 0 amide bonds. The minimum absolute atomic E-state index is 0.0202. The number of aliphatic hydroxyl groups is 2. The van der Waals surface area contributed by atoms with Crippen LogP contribution >= 0.6 is 7.80 Å². The van der Waals surface area contributed by atoms with E-state index < -0.39 is 7.80 Å². The highest BCUT2D eigenvalue weighted by Gasteiger charge is 2.30. The molecule has 1 fully saturated rings. The van der Waals surface area contributed by atoms with E-state index in [9.17, 15) is 4.57 Å². The maximum absolute atomic E-state index is 11.1. The zero-order valence-corrected chi connectivity index (χ0v) is 7.29. The van der Waals surface area contributed by atoms with E-state index in [4.69, 9.17) is 10.2 Å². The van der Waals surface area contributed by atoms with Crippen molar-refractivity contribution in [2.75, 3.05) is 19.4 Å². The minimum atomic E-state index is -1.45. The fourth-order valence-electron chi connectivity index (χ4n) is 1.33. The van der Waals surface area contributed by atoms with Gasteiger partial charge in [0.2, 0.25) is 0 Å². The molecule has 11 heavy (non-hydrogen) atoms. The fourth-order valence-corrected chi connectivity index (χ4v) is 3.09. The summed E-state index contributed by atoms with van der Waals surface area (Å²) in [6.07, 6.45) is 2.94. The molecule has 0 bridgehead atoms. The summed E-state index contributed by atoms with van der Waals surface area (Å²) in [4.78, 5) is 0. The molecule has 0 aromatic heterocycles. The molecular weight excluding hydrogens is 163 g/mol. The van der Waals surface area contributed by atoms with E-state index in [1.165, 1.54) is 0 Å². The highest BCUT2D eigenvalue weighted by molar-refractivity contribution is 7.48. The third kappa shape index (κ3) is 1.92. The molecule has 1 rings (SSSR count). The van der Waals surface area contributed by atoms with Crippen LogP contribution in [0.2, 0.25) is 0 Å². The molecule has 0 spiro atoms. The first-order chi connectivity index (χ1) is 5.29. The molecule has 0 saturated carbocycles. The Morgan fingerprint density at radius 3 is 2.82 bits per heavy atom. The molecule has 1 aliphatic rings. The van der Waals surface area contributed by atoms with E-state index in [2.05, 4.69) is 0 Å². The first kappa shape index (κ1) is 8.98. The van der Waals surface area contributed by atoms with Gasteiger partial charge in [0, 0.05) is 18.4 Å². The molecule has 1 heterocycles. The van der Waals surface area contributed by atoms with Crippen molar-refractivity contribution in [2.45, 2.75) is 12.1 Å². The molecule has 0 aliphatic carbocycles. The van der Waals surface area contributed by atoms with Crippen LogP contribution in [0.4, 0.5) is 0 Å². The van der Waals surface area contributed by atoms with Crippen molar-refractivity contribution in [3.63, 3.8) is 0 Å². The van der Waals surface area contributed by atoms with Crippen LogP contribution in [0.5, 0.6) is 0 Å². The topological polar surface area (TPSA) is 57.5 Å². The van der Waals surface area contributed by atoms with E-state index in [1.54, 1.807) is 6.08 Å². The van der Waals surface area contributed by atoms with Gasteiger partial charge in [-0.3, -0.25) is 0 Å². The number of rotatable bonds is 3. The predicted octanol–water partition coefficient (Wildman–Crippen LogP) is 0.229. The SMILES string of the molecule is O=[PH]1CC(=CCO)C1CCO. The van der Waals surface area contributed by atoms with Gasteiger partial charge < -0.3 is 14.8 Å². The van der Waals surface area contributed by atoms with Gasteiger partial charge in [-0.05, 0) is 6.42 Å². The smallest absolute Gasteiger partial charge is 0.0869 e.